The van der Waals surface area contributed by atoms with Crippen molar-refractivity contribution in [2.24, 2.45) is 0 Å². The largest absolute Gasteiger partial charge is 0.317 e. The van der Waals surface area contributed by atoms with E-state index in [0.717, 1.165) is 45.3 Å². The molecule has 5 nitrogen and oxygen atoms in total. The van der Waals surface area contributed by atoms with Crippen LogP contribution in [-0.4, -0.2) is 47.2 Å². The van der Waals surface area contributed by atoms with Crippen molar-refractivity contribution in [2.45, 2.75) is 37.8 Å². The second kappa shape index (κ2) is 5.75. The Hall–Kier alpha value is -1.33. The molecule has 2 aliphatic heterocycles. The van der Waals surface area contributed by atoms with Gasteiger partial charge in [0.1, 0.15) is 0 Å². The van der Waals surface area contributed by atoms with Crippen LogP contribution in [0.1, 0.15) is 25.7 Å². The molecular formula is C14H22N4O. The number of nitrogens with one attached hydrogen (secondary N) is 2. The fraction of sp³-hybridized carbons (Fsp3) is 0.643. The van der Waals surface area contributed by atoms with Crippen molar-refractivity contribution in [2.75, 3.05) is 25.1 Å². The third kappa shape index (κ3) is 2.82. The molecule has 0 saturated carbocycles. The Labute approximate surface area is 113 Å². The lowest BCUT2D eigenvalue weighted by atomic mass is 10.0. The topological polar surface area (TPSA) is 49.3 Å². The molecule has 1 amide bonds. The normalized spacial score (nSPS) is 25.6. The Morgan fingerprint density at radius 3 is 2.63 bits per heavy atom. The van der Waals surface area contributed by atoms with E-state index < -0.39 is 0 Å². The number of piperidine rings is 1. The van der Waals surface area contributed by atoms with Crippen molar-refractivity contribution in [3.63, 3.8) is 0 Å². The van der Waals surface area contributed by atoms with Gasteiger partial charge in [-0.3, -0.25) is 19.8 Å². The predicted octanol–water partition coefficient (Wildman–Crippen LogP) is 0.775. The van der Waals surface area contributed by atoms with Crippen molar-refractivity contribution in [1.29, 1.82) is 0 Å². The van der Waals surface area contributed by atoms with Gasteiger partial charge in [0, 0.05) is 18.4 Å². The van der Waals surface area contributed by atoms with Crippen LogP contribution in [0.15, 0.2) is 24.5 Å². The monoisotopic (exact) mass is 262 g/mol. The molecule has 1 atom stereocenters. The Kier molecular flexibility index (Phi) is 3.84. The lowest BCUT2D eigenvalue weighted by molar-refractivity contribution is -0.122. The first-order valence-corrected chi connectivity index (χ1v) is 7.25. The fourth-order valence-corrected chi connectivity index (χ4v) is 3.26. The summed E-state index contributed by atoms with van der Waals surface area (Å²) in [7, 11) is 0. The molecule has 0 radical (unpaired) electrons. The van der Waals surface area contributed by atoms with Gasteiger partial charge < -0.3 is 5.32 Å². The molecule has 3 rings (SSSR count). The number of nitrogens with zero attached hydrogens (tertiary/aromatic N) is 2. The van der Waals surface area contributed by atoms with Gasteiger partial charge in [-0.25, -0.2) is 0 Å². The zero-order valence-corrected chi connectivity index (χ0v) is 11.2. The number of carbonyl (C=O) groups excluding carboxylic acids is 1. The molecule has 2 fully saturated rings. The summed E-state index contributed by atoms with van der Waals surface area (Å²) in [5.74, 6) is 0.132. The molecule has 0 bridgehead atoms. The second-order valence-corrected chi connectivity index (χ2v) is 5.44. The Balaban J connectivity index is 1.63. The summed E-state index contributed by atoms with van der Waals surface area (Å²) in [6.07, 6.45) is 8.16. The molecule has 2 N–H and O–H groups in total. The van der Waals surface area contributed by atoms with Gasteiger partial charge >= 0.3 is 0 Å². The maximum absolute atomic E-state index is 12.4. The number of carbonyl (C=O) groups is 1. The minimum atomic E-state index is 0.0468. The van der Waals surface area contributed by atoms with Crippen LogP contribution >= 0.6 is 0 Å². The fourth-order valence-electron chi connectivity index (χ4n) is 3.26. The van der Waals surface area contributed by atoms with Gasteiger partial charge in [0.25, 0.3) is 5.91 Å². The van der Waals surface area contributed by atoms with Gasteiger partial charge in [0.2, 0.25) is 0 Å². The number of hydrogen-bond donors (Lipinski definition) is 2. The summed E-state index contributed by atoms with van der Waals surface area (Å²) in [5.41, 5.74) is 2.95. The van der Waals surface area contributed by atoms with Gasteiger partial charge in [0.05, 0.1) is 6.04 Å². The Morgan fingerprint density at radius 1 is 1.16 bits per heavy atom. The molecular weight excluding hydrogens is 240 g/mol. The zero-order chi connectivity index (χ0) is 13.1. The molecule has 1 unspecified atom stereocenters. The summed E-state index contributed by atoms with van der Waals surface area (Å²) >= 11 is 0. The summed E-state index contributed by atoms with van der Waals surface area (Å²) < 4.78 is 1.74. The molecule has 104 valence electrons. The zero-order valence-electron chi connectivity index (χ0n) is 11.2. The van der Waals surface area contributed by atoms with Crippen molar-refractivity contribution >= 4 is 5.91 Å². The van der Waals surface area contributed by atoms with E-state index >= 15 is 0 Å². The summed E-state index contributed by atoms with van der Waals surface area (Å²) in [6.45, 7) is 3.22. The maximum atomic E-state index is 12.4. The molecule has 0 aromatic carbocycles. The molecule has 2 saturated heterocycles. The molecule has 2 aliphatic rings. The highest BCUT2D eigenvalue weighted by Gasteiger charge is 2.35. The van der Waals surface area contributed by atoms with Crippen LogP contribution in [0, 0.1) is 0 Å². The minimum Gasteiger partial charge on any atom is -0.317 e. The van der Waals surface area contributed by atoms with E-state index in [4.69, 9.17) is 0 Å². The van der Waals surface area contributed by atoms with Crippen molar-refractivity contribution in [1.82, 2.24) is 14.9 Å². The molecule has 1 aromatic heterocycles. The van der Waals surface area contributed by atoms with Gasteiger partial charge in [-0.15, -0.1) is 0 Å². The average Bonchev–Trinajstić information content (AvgIpc) is 3.10. The summed E-state index contributed by atoms with van der Waals surface area (Å²) in [5, 5.41) is 3.39. The van der Waals surface area contributed by atoms with Crippen LogP contribution in [0.4, 0.5) is 0 Å². The molecule has 1 aromatic rings. The predicted molar refractivity (Wildman–Crippen MR) is 74.4 cm³/mol. The van der Waals surface area contributed by atoms with E-state index in [0.29, 0.717) is 6.04 Å². The Morgan fingerprint density at radius 2 is 1.89 bits per heavy atom. The van der Waals surface area contributed by atoms with Crippen LogP contribution in [0.25, 0.3) is 0 Å². The highest BCUT2D eigenvalue weighted by Crippen LogP contribution is 2.24. The first-order chi connectivity index (χ1) is 9.34. The quantitative estimate of drug-likeness (QED) is 0.846. The number of rotatable bonds is 3. The molecule has 5 heteroatoms. The number of amides is 1. The lowest BCUT2D eigenvalue weighted by Gasteiger charge is -2.35. The van der Waals surface area contributed by atoms with Gasteiger partial charge in [-0.2, -0.15) is 0 Å². The third-order valence-corrected chi connectivity index (χ3v) is 4.22. The molecule has 19 heavy (non-hydrogen) atoms. The van der Waals surface area contributed by atoms with Crippen LogP contribution in [0.2, 0.25) is 0 Å². The second-order valence-electron chi connectivity index (χ2n) is 5.44. The minimum absolute atomic E-state index is 0.0468. The van der Waals surface area contributed by atoms with Gasteiger partial charge in [-0.1, -0.05) is 0 Å². The number of likely N-dealkylation sites (tertiary alicyclic amines) is 1. The number of hydrogen-bond acceptors (Lipinski definition) is 3. The lowest BCUT2D eigenvalue weighted by Crippen LogP contribution is -2.50. The molecule has 0 aliphatic carbocycles. The molecule has 3 heterocycles. The van der Waals surface area contributed by atoms with Crippen LogP contribution in [-0.2, 0) is 4.79 Å². The van der Waals surface area contributed by atoms with Crippen LogP contribution < -0.4 is 10.7 Å². The molecule has 0 spiro atoms. The first-order valence-electron chi connectivity index (χ1n) is 7.25. The van der Waals surface area contributed by atoms with Crippen LogP contribution in [0.5, 0.6) is 0 Å². The summed E-state index contributed by atoms with van der Waals surface area (Å²) in [6, 6.07) is 4.45. The standard InChI is InChI=1S/C14H22N4O/c19-14(16-17-9-1-2-10-17)13-4-3-11-18(13)12-5-7-15-8-6-12/h1-2,9-10,12-13,15H,3-8,11H2,(H,16,19). The summed E-state index contributed by atoms with van der Waals surface area (Å²) in [4.78, 5) is 14.8. The van der Waals surface area contributed by atoms with Gasteiger partial charge in [0.15, 0.2) is 0 Å². The smallest absolute Gasteiger partial charge is 0.256 e. The van der Waals surface area contributed by atoms with Crippen LogP contribution in [0.3, 0.4) is 0 Å². The van der Waals surface area contributed by atoms with E-state index in [1.165, 1.54) is 0 Å². The van der Waals surface area contributed by atoms with Crippen molar-refractivity contribution in [3.8, 4) is 0 Å². The highest BCUT2D eigenvalue weighted by atomic mass is 16.2. The van der Waals surface area contributed by atoms with E-state index in [9.17, 15) is 4.79 Å². The SMILES string of the molecule is O=C(Nn1cccc1)C1CCCN1C1CCNCC1. The maximum Gasteiger partial charge on any atom is 0.256 e. The van der Waals surface area contributed by atoms with E-state index in [-0.39, 0.29) is 11.9 Å². The average molecular weight is 262 g/mol. The number of aromatic nitrogens is 1. The van der Waals surface area contributed by atoms with Crippen molar-refractivity contribution in [3.05, 3.63) is 24.5 Å². The van der Waals surface area contributed by atoms with E-state index in [1.54, 1.807) is 4.68 Å². The van der Waals surface area contributed by atoms with Crippen molar-refractivity contribution < 1.29 is 4.79 Å². The van der Waals surface area contributed by atoms with E-state index in [1.807, 2.05) is 24.5 Å². The first kappa shape index (κ1) is 12.7. The Bertz CT molecular complexity index is 411. The van der Waals surface area contributed by atoms with Gasteiger partial charge in [-0.05, 0) is 57.5 Å². The highest BCUT2D eigenvalue weighted by molar-refractivity contribution is 5.89. The van der Waals surface area contributed by atoms with E-state index in [2.05, 4.69) is 15.6 Å². The third-order valence-electron chi connectivity index (χ3n) is 4.22.